The van der Waals surface area contributed by atoms with Crippen molar-refractivity contribution in [1.82, 2.24) is 4.90 Å². The first-order valence-corrected chi connectivity index (χ1v) is 6.12. The predicted molar refractivity (Wildman–Crippen MR) is 63.0 cm³/mol. The summed E-state index contributed by atoms with van der Waals surface area (Å²) >= 11 is 11.7. The Morgan fingerprint density at radius 3 is 2.88 bits per heavy atom. The Hall–Kier alpha value is -0.320. The zero-order chi connectivity index (χ0) is 11.7. The van der Waals surface area contributed by atoms with Gasteiger partial charge in [0.15, 0.2) is 5.17 Å². The van der Waals surface area contributed by atoms with E-state index in [2.05, 4.69) is 4.99 Å². The maximum absolute atomic E-state index is 11.9. The van der Waals surface area contributed by atoms with E-state index in [0.717, 1.165) is 12.8 Å². The summed E-state index contributed by atoms with van der Waals surface area (Å²) in [6, 6.07) is 0.0861. The molecule has 0 saturated heterocycles. The van der Waals surface area contributed by atoms with Gasteiger partial charge in [-0.2, -0.15) is 0 Å². The molecule has 0 spiro atoms. The molecule has 1 aliphatic carbocycles. The molecule has 16 heavy (non-hydrogen) atoms. The number of halogens is 2. The van der Waals surface area contributed by atoms with Crippen LogP contribution < -0.4 is 0 Å². The molecule has 1 aliphatic heterocycles. The summed E-state index contributed by atoms with van der Waals surface area (Å²) in [5, 5.41) is -0.0204. The third kappa shape index (κ3) is 2.50. The monoisotopic (exact) mass is 264 g/mol. The maximum atomic E-state index is 11.9. The number of hydrogen-bond acceptors (Lipinski definition) is 3. The van der Waals surface area contributed by atoms with E-state index in [1.165, 1.54) is 0 Å². The Labute approximate surface area is 105 Å². The van der Waals surface area contributed by atoms with Crippen molar-refractivity contribution < 1.29 is 9.53 Å². The van der Waals surface area contributed by atoms with Gasteiger partial charge in [-0.05, 0) is 18.8 Å². The lowest BCUT2D eigenvalue weighted by Gasteiger charge is -2.34. The lowest BCUT2D eigenvalue weighted by Crippen LogP contribution is -2.51. The largest absolute Gasteiger partial charge is 0.383 e. The number of carbonyl (C=O) groups excluding carboxylic acids is 1. The van der Waals surface area contributed by atoms with Crippen LogP contribution >= 0.6 is 23.2 Å². The minimum atomic E-state index is -0.441. The number of methoxy groups -OCH3 is 1. The summed E-state index contributed by atoms with van der Waals surface area (Å²) in [6.07, 6.45) is 2.28. The van der Waals surface area contributed by atoms with Gasteiger partial charge in [0.25, 0.3) is 5.91 Å². The molecule has 1 unspecified atom stereocenters. The van der Waals surface area contributed by atoms with Gasteiger partial charge in [0.1, 0.15) is 5.50 Å². The van der Waals surface area contributed by atoms with E-state index in [-0.39, 0.29) is 17.1 Å². The summed E-state index contributed by atoms with van der Waals surface area (Å²) in [5.74, 6) is 0.294. The van der Waals surface area contributed by atoms with E-state index in [4.69, 9.17) is 27.9 Å². The van der Waals surface area contributed by atoms with Crippen LogP contribution in [0.5, 0.6) is 0 Å². The molecule has 1 heterocycles. The molecule has 4 nitrogen and oxygen atoms in total. The van der Waals surface area contributed by atoms with Crippen LogP contribution in [0.3, 0.4) is 0 Å². The van der Waals surface area contributed by atoms with Gasteiger partial charge < -0.3 is 9.64 Å². The molecule has 1 fully saturated rings. The minimum absolute atomic E-state index is 0.0204. The second-order valence-corrected chi connectivity index (χ2v) is 5.03. The highest BCUT2D eigenvalue weighted by Crippen LogP contribution is 2.36. The molecule has 2 atom stereocenters. The van der Waals surface area contributed by atoms with Crippen molar-refractivity contribution in [3.8, 4) is 0 Å². The lowest BCUT2D eigenvalue weighted by atomic mass is 10.1. The molecule has 0 radical (unpaired) electrons. The van der Waals surface area contributed by atoms with Crippen molar-refractivity contribution in [2.45, 2.75) is 24.4 Å². The van der Waals surface area contributed by atoms with Crippen LogP contribution in [0.1, 0.15) is 12.8 Å². The molecule has 6 heteroatoms. The normalized spacial score (nSPS) is 27.9. The smallest absolute Gasteiger partial charge is 0.284 e. The Morgan fingerprint density at radius 2 is 2.31 bits per heavy atom. The third-order valence-electron chi connectivity index (χ3n) is 2.94. The van der Waals surface area contributed by atoms with E-state index < -0.39 is 5.50 Å². The number of amides is 1. The van der Waals surface area contributed by atoms with Gasteiger partial charge in [0.2, 0.25) is 0 Å². The molecule has 90 valence electrons. The van der Waals surface area contributed by atoms with Crippen molar-refractivity contribution >= 4 is 34.3 Å². The number of rotatable bonds is 4. The van der Waals surface area contributed by atoms with Crippen LogP contribution in [0, 0.1) is 5.92 Å². The van der Waals surface area contributed by atoms with Crippen molar-refractivity contribution in [2.24, 2.45) is 10.9 Å². The Balaban J connectivity index is 2.12. The fourth-order valence-electron chi connectivity index (χ4n) is 2.00. The highest BCUT2D eigenvalue weighted by molar-refractivity contribution is 6.83. The summed E-state index contributed by atoms with van der Waals surface area (Å²) < 4.78 is 5.16. The second kappa shape index (κ2) is 4.90. The molecule has 2 aliphatic rings. The summed E-state index contributed by atoms with van der Waals surface area (Å²) in [6.45, 7) is 0.950. The van der Waals surface area contributed by atoms with Gasteiger partial charge in [0, 0.05) is 7.11 Å². The van der Waals surface area contributed by atoms with Crippen molar-refractivity contribution in [3.63, 3.8) is 0 Å². The van der Waals surface area contributed by atoms with Crippen LogP contribution in [0.25, 0.3) is 0 Å². The highest BCUT2D eigenvalue weighted by atomic mass is 35.5. The number of hydrogen-bond donors (Lipinski definition) is 0. The van der Waals surface area contributed by atoms with Crippen LogP contribution in [-0.2, 0) is 9.53 Å². The van der Waals surface area contributed by atoms with E-state index in [1.807, 2.05) is 0 Å². The fourth-order valence-corrected chi connectivity index (χ4v) is 2.52. The summed E-state index contributed by atoms with van der Waals surface area (Å²) in [7, 11) is 1.64. The minimum Gasteiger partial charge on any atom is -0.383 e. The number of aliphatic imine (C=N–C) groups is 1. The van der Waals surface area contributed by atoms with E-state index in [9.17, 15) is 4.79 Å². The lowest BCUT2D eigenvalue weighted by molar-refractivity contribution is -0.128. The number of nitrogens with zero attached hydrogens (tertiary/aromatic N) is 2. The van der Waals surface area contributed by atoms with Crippen molar-refractivity contribution in [1.29, 1.82) is 0 Å². The molecule has 0 aromatic carbocycles. The molecular formula is C10H14Cl2N2O2. The molecule has 0 aromatic rings. The zero-order valence-corrected chi connectivity index (χ0v) is 10.5. The van der Waals surface area contributed by atoms with Crippen molar-refractivity contribution in [3.05, 3.63) is 0 Å². The maximum Gasteiger partial charge on any atom is 0.284 e. The number of ether oxygens (including phenoxy) is 1. The van der Waals surface area contributed by atoms with Crippen LogP contribution in [0.4, 0.5) is 0 Å². The quantitative estimate of drug-likeness (QED) is 0.570. The van der Waals surface area contributed by atoms with Crippen LogP contribution in [0.2, 0.25) is 0 Å². The Bertz CT molecular complexity index is 318. The molecule has 0 N–H and O–H groups in total. The highest BCUT2D eigenvalue weighted by Gasteiger charge is 2.40. The molecule has 1 saturated carbocycles. The topological polar surface area (TPSA) is 41.9 Å². The molecule has 1 amide bonds. The SMILES string of the molecule is COC[C@H](C1CC1)N1CC(Cl)N=C(Cl)C1=O. The molecule has 0 aromatic heterocycles. The van der Waals surface area contributed by atoms with Gasteiger partial charge in [0.05, 0.1) is 19.2 Å². The van der Waals surface area contributed by atoms with Gasteiger partial charge in [-0.25, -0.2) is 4.99 Å². The van der Waals surface area contributed by atoms with Gasteiger partial charge in [-0.3, -0.25) is 4.79 Å². The number of alkyl halides is 1. The molecule has 2 rings (SSSR count). The first-order chi connectivity index (χ1) is 7.63. The van der Waals surface area contributed by atoms with Crippen LogP contribution in [-0.4, -0.2) is 47.8 Å². The van der Waals surface area contributed by atoms with Gasteiger partial charge in [-0.15, -0.1) is 0 Å². The van der Waals surface area contributed by atoms with Crippen molar-refractivity contribution in [2.75, 3.05) is 20.3 Å². The van der Waals surface area contributed by atoms with E-state index in [0.29, 0.717) is 19.1 Å². The average Bonchev–Trinajstić information content (AvgIpc) is 3.04. The Morgan fingerprint density at radius 1 is 1.62 bits per heavy atom. The van der Waals surface area contributed by atoms with E-state index >= 15 is 0 Å². The van der Waals surface area contributed by atoms with Gasteiger partial charge in [-0.1, -0.05) is 23.2 Å². The first-order valence-electron chi connectivity index (χ1n) is 5.30. The van der Waals surface area contributed by atoms with Gasteiger partial charge >= 0.3 is 0 Å². The average molecular weight is 265 g/mol. The first kappa shape index (κ1) is 12.1. The Kier molecular flexibility index (Phi) is 3.72. The summed E-state index contributed by atoms with van der Waals surface area (Å²) in [4.78, 5) is 17.4. The summed E-state index contributed by atoms with van der Waals surface area (Å²) in [5.41, 5.74) is -0.441. The molecule has 0 bridgehead atoms. The predicted octanol–water partition coefficient (Wildman–Crippen LogP) is 1.46. The standard InChI is InChI=1S/C10H14Cl2N2O2/c1-16-5-7(6-2-3-6)14-4-8(11)13-9(12)10(14)15/h6-8H,2-5H2,1H3/t7-,8?/m1/s1. The second-order valence-electron chi connectivity index (χ2n) is 4.17. The zero-order valence-electron chi connectivity index (χ0n) is 9.03. The number of carbonyl (C=O) groups is 1. The third-order valence-corrected chi connectivity index (χ3v) is 3.44. The molecular weight excluding hydrogens is 251 g/mol. The van der Waals surface area contributed by atoms with Crippen LogP contribution in [0.15, 0.2) is 4.99 Å². The van der Waals surface area contributed by atoms with E-state index in [1.54, 1.807) is 12.0 Å². The fraction of sp³-hybridized carbons (Fsp3) is 0.800.